The van der Waals surface area contributed by atoms with Gasteiger partial charge < -0.3 is 5.32 Å². The second-order valence-corrected chi connectivity index (χ2v) is 4.84. The molecule has 1 aromatic carbocycles. The van der Waals surface area contributed by atoms with Crippen LogP contribution in [0.3, 0.4) is 0 Å². The van der Waals surface area contributed by atoms with Gasteiger partial charge in [-0.1, -0.05) is 26.7 Å². The van der Waals surface area contributed by atoms with Crippen molar-refractivity contribution < 1.29 is 4.39 Å². The van der Waals surface area contributed by atoms with E-state index in [0.29, 0.717) is 11.7 Å². The van der Waals surface area contributed by atoms with Gasteiger partial charge in [0.25, 0.3) is 0 Å². The molecule has 0 unspecified atom stereocenters. The molecular weight excluding hydrogens is 257 g/mol. The number of hydrogen-bond acceptors (Lipinski definition) is 4. The SMILES string of the molecule is CCCC(CCC)Nc1cc(-n2cnnn2)ccc1F. The van der Waals surface area contributed by atoms with Gasteiger partial charge in [0.15, 0.2) is 0 Å². The Morgan fingerprint density at radius 1 is 1.25 bits per heavy atom. The van der Waals surface area contributed by atoms with Crippen LogP contribution in [-0.2, 0) is 0 Å². The molecule has 0 saturated carbocycles. The van der Waals surface area contributed by atoms with Gasteiger partial charge in [0.1, 0.15) is 12.1 Å². The van der Waals surface area contributed by atoms with Crippen molar-refractivity contribution in [2.45, 2.75) is 45.6 Å². The molecule has 0 amide bonds. The van der Waals surface area contributed by atoms with Gasteiger partial charge in [-0.25, -0.2) is 9.07 Å². The molecule has 2 aromatic rings. The highest BCUT2D eigenvalue weighted by atomic mass is 19.1. The van der Waals surface area contributed by atoms with Crippen molar-refractivity contribution in [2.24, 2.45) is 0 Å². The van der Waals surface area contributed by atoms with Gasteiger partial charge >= 0.3 is 0 Å². The van der Waals surface area contributed by atoms with Crippen LogP contribution >= 0.6 is 0 Å². The monoisotopic (exact) mass is 277 g/mol. The van der Waals surface area contributed by atoms with Crippen LogP contribution in [-0.4, -0.2) is 26.2 Å². The summed E-state index contributed by atoms with van der Waals surface area (Å²) in [4.78, 5) is 0. The number of nitrogens with one attached hydrogen (secondary N) is 1. The molecule has 0 aliphatic rings. The van der Waals surface area contributed by atoms with Gasteiger partial charge in [-0.2, -0.15) is 0 Å². The zero-order chi connectivity index (χ0) is 14.4. The van der Waals surface area contributed by atoms with E-state index in [2.05, 4.69) is 34.7 Å². The molecule has 1 aromatic heterocycles. The van der Waals surface area contributed by atoms with Crippen molar-refractivity contribution in [3.05, 3.63) is 30.3 Å². The number of anilines is 1. The number of hydrogen-bond donors (Lipinski definition) is 1. The number of rotatable bonds is 7. The van der Waals surface area contributed by atoms with E-state index in [9.17, 15) is 4.39 Å². The molecule has 0 fully saturated rings. The number of tetrazole rings is 1. The summed E-state index contributed by atoms with van der Waals surface area (Å²) in [6.07, 6.45) is 5.70. The molecular formula is C14H20FN5. The second kappa shape index (κ2) is 6.98. The van der Waals surface area contributed by atoms with E-state index in [1.165, 1.54) is 17.1 Å². The quantitative estimate of drug-likeness (QED) is 0.844. The van der Waals surface area contributed by atoms with Crippen LogP contribution in [0.15, 0.2) is 24.5 Å². The molecule has 0 radical (unpaired) electrons. The molecule has 0 saturated heterocycles. The molecule has 2 rings (SSSR count). The predicted molar refractivity (Wildman–Crippen MR) is 76.3 cm³/mol. The van der Waals surface area contributed by atoms with Gasteiger partial charge in [0.2, 0.25) is 0 Å². The normalized spacial score (nSPS) is 11.0. The molecule has 0 atom stereocenters. The van der Waals surface area contributed by atoms with E-state index < -0.39 is 0 Å². The van der Waals surface area contributed by atoms with Gasteiger partial charge in [-0.3, -0.25) is 0 Å². The molecule has 0 aliphatic carbocycles. The van der Waals surface area contributed by atoms with Gasteiger partial charge in [0, 0.05) is 6.04 Å². The maximum atomic E-state index is 13.9. The van der Waals surface area contributed by atoms with Crippen molar-refractivity contribution in [3.63, 3.8) is 0 Å². The molecule has 1 N–H and O–H groups in total. The van der Waals surface area contributed by atoms with E-state index >= 15 is 0 Å². The second-order valence-electron chi connectivity index (χ2n) is 4.84. The minimum absolute atomic E-state index is 0.251. The first-order chi connectivity index (χ1) is 9.74. The van der Waals surface area contributed by atoms with E-state index in [4.69, 9.17) is 0 Å². The Kier molecular flexibility index (Phi) is 5.03. The Morgan fingerprint density at radius 2 is 2.00 bits per heavy atom. The third kappa shape index (κ3) is 3.53. The Morgan fingerprint density at radius 3 is 2.60 bits per heavy atom. The maximum absolute atomic E-state index is 13.9. The van der Waals surface area contributed by atoms with Crippen LogP contribution in [0.4, 0.5) is 10.1 Å². The zero-order valence-electron chi connectivity index (χ0n) is 11.9. The largest absolute Gasteiger partial charge is 0.380 e. The average Bonchev–Trinajstić information content (AvgIpc) is 2.96. The summed E-state index contributed by atoms with van der Waals surface area (Å²) in [7, 11) is 0. The van der Waals surface area contributed by atoms with E-state index in [-0.39, 0.29) is 5.82 Å². The summed E-state index contributed by atoms with van der Waals surface area (Å²) in [5.41, 5.74) is 1.25. The average molecular weight is 277 g/mol. The molecule has 108 valence electrons. The van der Waals surface area contributed by atoms with Crippen molar-refractivity contribution in [2.75, 3.05) is 5.32 Å². The topological polar surface area (TPSA) is 55.6 Å². The molecule has 6 heteroatoms. The lowest BCUT2D eigenvalue weighted by Gasteiger charge is -2.19. The van der Waals surface area contributed by atoms with Crippen molar-refractivity contribution in [1.29, 1.82) is 0 Å². The number of nitrogens with zero attached hydrogens (tertiary/aromatic N) is 4. The lowest BCUT2D eigenvalue weighted by Crippen LogP contribution is -2.19. The Hall–Kier alpha value is -1.98. The fourth-order valence-corrected chi connectivity index (χ4v) is 2.25. The summed E-state index contributed by atoms with van der Waals surface area (Å²) >= 11 is 0. The van der Waals surface area contributed by atoms with Crippen LogP contribution in [0.1, 0.15) is 39.5 Å². The zero-order valence-corrected chi connectivity index (χ0v) is 11.9. The Balaban J connectivity index is 2.19. The minimum Gasteiger partial charge on any atom is -0.380 e. The van der Waals surface area contributed by atoms with E-state index in [1.807, 2.05) is 0 Å². The highest BCUT2D eigenvalue weighted by Crippen LogP contribution is 2.21. The Bertz CT molecular complexity index is 520. The molecule has 1 heterocycles. The van der Waals surface area contributed by atoms with Crippen LogP contribution in [0.5, 0.6) is 0 Å². The summed E-state index contributed by atoms with van der Waals surface area (Å²) < 4.78 is 15.4. The number of halogens is 1. The number of benzene rings is 1. The maximum Gasteiger partial charge on any atom is 0.146 e. The third-order valence-electron chi connectivity index (χ3n) is 3.20. The van der Waals surface area contributed by atoms with Gasteiger partial charge in [-0.15, -0.1) is 5.10 Å². The highest BCUT2D eigenvalue weighted by Gasteiger charge is 2.11. The van der Waals surface area contributed by atoms with Crippen molar-refractivity contribution in [3.8, 4) is 5.69 Å². The summed E-state index contributed by atoms with van der Waals surface area (Å²) in [6.45, 7) is 4.27. The van der Waals surface area contributed by atoms with Gasteiger partial charge in [-0.05, 0) is 41.5 Å². The van der Waals surface area contributed by atoms with E-state index in [0.717, 1.165) is 31.4 Å². The van der Waals surface area contributed by atoms with Crippen LogP contribution < -0.4 is 5.32 Å². The predicted octanol–water partition coefficient (Wildman–Crippen LogP) is 3.18. The minimum atomic E-state index is -0.251. The first-order valence-corrected chi connectivity index (χ1v) is 7.04. The molecule has 20 heavy (non-hydrogen) atoms. The Labute approximate surface area is 118 Å². The first-order valence-electron chi connectivity index (χ1n) is 7.04. The smallest absolute Gasteiger partial charge is 0.146 e. The highest BCUT2D eigenvalue weighted by molar-refractivity contribution is 5.52. The van der Waals surface area contributed by atoms with Gasteiger partial charge in [0.05, 0.1) is 11.4 Å². The fraction of sp³-hybridized carbons (Fsp3) is 0.500. The lowest BCUT2D eigenvalue weighted by atomic mass is 10.1. The van der Waals surface area contributed by atoms with Crippen molar-refractivity contribution >= 4 is 5.69 Å². The number of aromatic nitrogens is 4. The molecule has 0 aliphatic heterocycles. The summed E-state index contributed by atoms with van der Waals surface area (Å²) in [5.74, 6) is -0.251. The summed E-state index contributed by atoms with van der Waals surface area (Å²) in [5, 5.41) is 14.3. The first kappa shape index (κ1) is 14.4. The van der Waals surface area contributed by atoms with Crippen LogP contribution in [0.25, 0.3) is 5.69 Å². The van der Waals surface area contributed by atoms with Crippen LogP contribution in [0, 0.1) is 5.82 Å². The van der Waals surface area contributed by atoms with Crippen LogP contribution in [0.2, 0.25) is 0 Å². The van der Waals surface area contributed by atoms with E-state index in [1.54, 1.807) is 12.1 Å². The molecule has 0 bridgehead atoms. The molecule has 5 nitrogen and oxygen atoms in total. The third-order valence-corrected chi connectivity index (χ3v) is 3.20. The lowest BCUT2D eigenvalue weighted by molar-refractivity contribution is 0.574. The summed E-state index contributed by atoms with van der Waals surface area (Å²) in [6, 6.07) is 5.13. The van der Waals surface area contributed by atoms with Crippen molar-refractivity contribution in [1.82, 2.24) is 20.2 Å². The fourth-order valence-electron chi connectivity index (χ4n) is 2.25. The molecule has 0 spiro atoms. The standard InChI is InChI=1S/C14H20FN5/c1-3-5-11(6-4-2)17-14-9-12(7-8-13(14)15)20-10-16-18-19-20/h7-11,17H,3-6H2,1-2H3.